The molecule has 0 aliphatic heterocycles. The third-order valence-corrected chi connectivity index (χ3v) is 3.43. The summed E-state index contributed by atoms with van der Waals surface area (Å²) >= 11 is 6.30. The van der Waals surface area contributed by atoms with Crippen molar-refractivity contribution >= 4 is 11.6 Å². The van der Waals surface area contributed by atoms with Gasteiger partial charge in [-0.05, 0) is 48.2 Å². The fourth-order valence-electron chi connectivity index (χ4n) is 2.00. The average molecular weight is 288 g/mol. The Balaban J connectivity index is 2.80. The van der Waals surface area contributed by atoms with Crippen molar-refractivity contribution in [2.24, 2.45) is 0 Å². The van der Waals surface area contributed by atoms with Gasteiger partial charge < -0.3 is 15.1 Å². The zero-order valence-corrected chi connectivity index (χ0v) is 13.4. The summed E-state index contributed by atoms with van der Waals surface area (Å²) in [5, 5.41) is 8.48. The molecule has 0 aromatic carbocycles. The number of nitrogens with zero attached hydrogens (tertiary/aromatic N) is 4. The lowest BCUT2D eigenvalue weighted by Crippen LogP contribution is -2.27. The standard InChI is InChI=1S/C13H26ClN5/c1-15-12(6-7-17(2)3)13-11(14)10-16-19(13)9-8-18(4)5/h10,12,15H,6-9H2,1-5H3. The molecule has 1 unspecified atom stereocenters. The second kappa shape index (κ2) is 7.85. The van der Waals surface area contributed by atoms with Crippen LogP contribution in [0.2, 0.25) is 5.02 Å². The minimum Gasteiger partial charge on any atom is -0.312 e. The lowest BCUT2D eigenvalue weighted by atomic mass is 10.1. The van der Waals surface area contributed by atoms with Gasteiger partial charge in [0, 0.05) is 6.54 Å². The van der Waals surface area contributed by atoms with Gasteiger partial charge in [-0.1, -0.05) is 11.6 Å². The molecule has 110 valence electrons. The lowest BCUT2D eigenvalue weighted by Gasteiger charge is -2.21. The summed E-state index contributed by atoms with van der Waals surface area (Å²) in [6, 6.07) is 0.236. The maximum Gasteiger partial charge on any atom is 0.0834 e. The van der Waals surface area contributed by atoms with Crippen molar-refractivity contribution in [3.05, 3.63) is 16.9 Å². The molecule has 1 N–H and O–H groups in total. The second-order valence-electron chi connectivity index (χ2n) is 5.34. The van der Waals surface area contributed by atoms with Crippen LogP contribution in [0.3, 0.4) is 0 Å². The molecule has 0 fully saturated rings. The first-order valence-corrected chi connectivity index (χ1v) is 7.01. The number of hydrogen-bond donors (Lipinski definition) is 1. The van der Waals surface area contributed by atoms with Gasteiger partial charge in [0.25, 0.3) is 0 Å². The summed E-state index contributed by atoms with van der Waals surface area (Å²) in [6.07, 6.45) is 2.75. The van der Waals surface area contributed by atoms with E-state index in [9.17, 15) is 0 Å². The van der Waals surface area contributed by atoms with Gasteiger partial charge in [-0.15, -0.1) is 0 Å². The van der Waals surface area contributed by atoms with Crippen LogP contribution in [-0.4, -0.2) is 67.9 Å². The van der Waals surface area contributed by atoms with Crippen molar-refractivity contribution in [3.63, 3.8) is 0 Å². The molecule has 0 aliphatic carbocycles. The maximum absolute atomic E-state index is 6.30. The molecule has 0 bridgehead atoms. The zero-order chi connectivity index (χ0) is 14.4. The van der Waals surface area contributed by atoms with Crippen LogP contribution in [0, 0.1) is 0 Å². The van der Waals surface area contributed by atoms with Crippen LogP contribution in [0.5, 0.6) is 0 Å². The van der Waals surface area contributed by atoms with Gasteiger partial charge in [-0.3, -0.25) is 4.68 Å². The predicted octanol–water partition coefficient (Wildman–Crippen LogP) is 1.31. The summed E-state index contributed by atoms with van der Waals surface area (Å²) in [6.45, 7) is 2.82. The number of likely N-dealkylation sites (N-methyl/N-ethyl adjacent to an activating group) is 1. The van der Waals surface area contributed by atoms with E-state index in [0.29, 0.717) is 0 Å². The van der Waals surface area contributed by atoms with Crippen molar-refractivity contribution < 1.29 is 0 Å². The molecule has 1 aromatic rings. The van der Waals surface area contributed by atoms with Crippen LogP contribution in [0.15, 0.2) is 6.20 Å². The molecule has 19 heavy (non-hydrogen) atoms. The van der Waals surface area contributed by atoms with Crippen LogP contribution >= 0.6 is 11.6 Å². The van der Waals surface area contributed by atoms with E-state index in [1.54, 1.807) is 6.20 Å². The van der Waals surface area contributed by atoms with Crippen LogP contribution in [-0.2, 0) is 6.54 Å². The number of hydrogen-bond acceptors (Lipinski definition) is 4. The summed E-state index contributed by atoms with van der Waals surface area (Å²) in [5.74, 6) is 0. The highest BCUT2D eigenvalue weighted by Gasteiger charge is 2.19. The second-order valence-corrected chi connectivity index (χ2v) is 5.74. The van der Waals surface area contributed by atoms with Crippen molar-refractivity contribution in [1.29, 1.82) is 0 Å². The monoisotopic (exact) mass is 287 g/mol. The average Bonchev–Trinajstić information content (AvgIpc) is 2.69. The summed E-state index contributed by atoms with van der Waals surface area (Å²) in [7, 11) is 10.3. The summed E-state index contributed by atoms with van der Waals surface area (Å²) in [4.78, 5) is 4.33. The van der Waals surface area contributed by atoms with E-state index in [2.05, 4.69) is 48.4 Å². The molecule has 0 radical (unpaired) electrons. The Bertz CT molecular complexity index is 375. The quantitative estimate of drug-likeness (QED) is 0.782. The Morgan fingerprint density at radius 3 is 2.42 bits per heavy atom. The van der Waals surface area contributed by atoms with E-state index in [-0.39, 0.29) is 6.04 Å². The molecule has 6 heteroatoms. The molecule has 0 saturated heterocycles. The van der Waals surface area contributed by atoms with Gasteiger partial charge in [-0.25, -0.2) is 0 Å². The van der Waals surface area contributed by atoms with E-state index in [0.717, 1.165) is 36.8 Å². The first kappa shape index (κ1) is 16.4. The molecular formula is C13H26ClN5. The van der Waals surface area contributed by atoms with Crippen molar-refractivity contribution in [3.8, 4) is 0 Å². The molecule has 5 nitrogen and oxygen atoms in total. The van der Waals surface area contributed by atoms with Gasteiger partial charge >= 0.3 is 0 Å². The van der Waals surface area contributed by atoms with Gasteiger partial charge in [0.05, 0.1) is 29.5 Å². The SMILES string of the molecule is CNC(CCN(C)C)c1c(Cl)cnn1CCN(C)C. The Hall–Kier alpha value is -0.620. The van der Waals surface area contributed by atoms with Crippen molar-refractivity contribution in [2.75, 3.05) is 48.3 Å². The number of nitrogens with one attached hydrogen (secondary N) is 1. The van der Waals surface area contributed by atoms with Gasteiger partial charge in [-0.2, -0.15) is 5.10 Å². The molecule has 0 saturated carbocycles. The highest BCUT2D eigenvalue weighted by molar-refractivity contribution is 6.31. The molecule has 0 aliphatic rings. The fraction of sp³-hybridized carbons (Fsp3) is 0.769. The Kier molecular flexibility index (Phi) is 6.79. The molecule has 1 rings (SSSR count). The lowest BCUT2D eigenvalue weighted by molar-refractivity contribution is 0.343. The van der Waals surface area contributed by atoms with Gasteiger partial charge in [0.1, 0.15) is 0 Å². The minimum absolute atomic E-state index is 0.236. The van der Waals surface area contributed by atoms with E-state index in [4.69, 9.17) is 11.6 Å². The Labute approximate surface area is 121 Å². The molecule has 1 heterocycles. The van der Waals surface area contributed by atoms with E-state index in [1.807, 2.05) is 11.7 Å². The van der Waals surface area contributed by atoms with Crippen LogP contribution < -0.4 is 5.32 Å². The number of aromatic nitrogens is 2. The zero-order valence-electron chi connectivity index (χ0n) is 12.6. The van der Waals surface area contributed by atoms with Crippen LogP contribution in [0.25, 0.3) is 0 Å². The molecule has 0 amide bonds. The highest BCUT2D eigenvalue weighted by Crippen LogP contribution is 2.25. The molecule has 0 spiro atoms. The van der Waals surface area contributed by atoms with Crippen LogP contribution in [0.1, 0.15) is 18.2 Å². The van der Waals surface area contributed by atoms with E-state index >= 15 is 0 Å². The summed E-state index contributed by atoms with van der Waals surface area (Å²) < 4.78 is 2.01. The van der Waals surface area contributed by atoms with Crippen molar-refractivity contribution in [1.82, 2.24) is 24.9 Å². The predicted molar refractivity (Wildman–Crippen MR) is 80.8 cm³/mol. The third kappa shape index (κ3) is 5.10. The molecule has 1 aromatic heterocycles. The Morgan fingerprint density at radius 1 is 1.26 bits per heavy atom. The highest BCUT2D eigenvalue weighted by atomic mass is 35.5. The van der Waals surface area contributed by atoms with Crippen molar-refractivity contribution in [2.45, 2.75) is 19.0 Å². The normalized spacial score (nSPS) is 13.5. The first-order chi connectivity index (χ1) is 8.95. The smallest absolute Gasteiger partial charge is 0.0834 e. The Morgan fingerprint density at radius 2 is 1.89 bits per heavy atom. The topological polar surface area (TPSA) is 36.3 Å². The third-order valence-electron chi connectivity index (χ3n) is 3.14. The molecule has 1 atom stereocenters. The fourth-order valence-corrected chi connectivity index (χ4v) is 2.27. The molecular weight excluding hydrogens is 262 g/mol. The number of rotatable bonds is 8. The van der Waals surface area contributed by atoms with Crippen LogP contribution in [0.4, 0.5) is 0 Å². The van der Waals surface area contributed by atoms with E-state index in [1.165, 1.54) is 0 Å². The summed E-state index contributed by atoms with van der Waals surface area (Å²) in [5.41, 5.74) is 1.09. The number of halogens is 1. The largest absolute Gasteiger partial charge is 0.312 e. The van der Waals surface area contributed by atoms with Gasteiger partial charge in [0.2, 0.25) is 0 Å². The first-order valence-electron chi connectivity index (χ1n) is 6.63. The maximum atomic E-state index is 6.30. The van der Waals surface area contributed by atoms with E-state index < -0.39 is 0 Å². The van der Waals surface area contributed by atoms with Gasteiger partial charge in [0.15, 0.2) is 0 Å². The minimum atomic E-state index is 0.236.